The van der Waals surface area contributed by atoms with Crippen molar-refractivity contribution < 1.29 is 13.9 Å². The molecule has 3 nitrogen and oxygen atoms in total. The van der Waals surface area contributed by atoms with E-state index in [1.807, 2.05) is 12.1 Å². The number of benzene rings is 2. The molecule has 2 aromatic carbocycles. The largest absolute Gasteiger partial charge is 0.494 e. The number of aryl methyl sites for hydroxylation is 1. The number of methoxy groups -OCH3 is 1. The first kappa shape index (κ1) is 15.5. The zero-order chi connectivity index (χ0) is 16.4. The van der Waals surface area contributed by atoms with Gasteiger partial charge in [-0.25, -0.2) is 4.39 Å². The van der Waals surface area contributed by atoms with E-state index >= 15 is 0 Å². The maximum absolute atomic E-state index is 13.9. The van der Waals surface area contributed by atoms with E-state index in [2.05, 4.69) is 12.1 Å². The van der Waals surface area contributed by atoms with E-state index in [9.17, 15) is 9.18 Å². The lowest BCUT2D eigenvalue weighted by Crippen LogP contribution is -2.33. The minimum Gasteiger partial charge on any atom is -0.494 e. The lowest BCUT2D eigenvalue weighted by molar-refractivity contribution is 0.0714. The van der Waals surface area contributed by atoms with Gasteiger partial charge in [0, 0.05) is 12.6 Å². The summed E-state index contributed by atoms with van der Waals surface area (Å²) in [6.45, 7) is 0. The molecule has 1 aliphatic rings. The van der Waals surface area contributed by atoms with Crippen LogP contribution in [0, 0.1) is 5.82 Å². The number of ether oxygens (including phenoxy) is 1. The Morgan fingerprint density at radius 1 is 1.26 bits per heavy atom. The zero-order valence-electron chi connectivity index (χ0n) is 13.4. The molecule has 120 valence electrons. The molecule has 0 saturated heterocycles. The van der Waals surface area contributed by atoms with Crippen LogP contribution in [-0.4, -0.2) is 25.0 Å². The Morgan fingerprint density at radius 2 is 2.04 bits per heavy atom. The summed E-state index contributed by atoms with van der Waals surface area (Å²) in [4.78, 5) is 14.4. The molecular formula is C19H20FNO2. The summed E-state index contributed by atoms with van der Waals surface area (Å²) in [5, 5.41) is 0. The second kappa shape index (κ2) is 6.41. The summed E-state index contributed by atoms with van der Waals surface area (Å²) in [6.07, 6.45) is 3.03. The Kier molecular flexibility index (Phi) is 4.33. The standard InChI is InChI=1S/C19H20FNO2/c1-21(17-9-5-7-13-6-3-4-8-15(13)17)19(22)14-10-11-18(23-2)16(20)12-14/h3-4,6,8,10-12,17H,5,7,9H2,1-2H3/t17-/m0/s1. The van der Waals surface area contributed by atoms with Crippen LogP contribution in [0.5, 0.6) is 5.75 Å². The molecule has 1 aliphatic carbocycles. The van der Waals surface area contributed by atoms with Gasteiger partial charge < -0.3 is 9.64 Å². The first-order chi connectivity index (χ1) is 11.1. The number of rotatable bonds is 3. The molecule has 4 heteroatoms. The Balaban J connectivity index is 1.87. The molecule has 0 spiro atoms. The van der Waals surface area contributed by atoms with Crippen molar-refractivity contribution in [1.82, 2.24) is 4.90 Å². The predicted octanol–water partition coefficient (Wildman–Crippen LogP) is 3.98. The first-order valence-electron chi connectivity index (χ1n) is 7.80. The minimum atomic E-state index is -0.518. The molecule has 0 heterocycles. The van der Waals surface area contributed by atoms with Crippen molar-refractivity contribution in [2.45, 2.75) is 25.3 Å². The highest BCUT2D eigenvalue weighted by atomic mass is 19.1. The van der Waals surface area contributed by atoms with E-state index in [1.165, 1.54) is 30.4 Å². The van der Waals surface area contributed by atoms with Gasteiger partial charge in [0.2, 0.25) is 0 Å². The van der Waals surface area contributed by atoms with Crippen LogP contribution in [0.1, 0.15) is 40.4 Å². The molecular weight excluding hydrogens is 293 g/mol. The van der Waals surface area contributed by atoms with Gasteiger partial charge in [-0.2, -0.15) is 0 Å². The highest BCUT2D eigenvalue weighted by Gasteiger charge is 2.27. The van der Waals surface area contributed by atoms with E-state index in [-0.39, 0.29) is 17.7 Å². The number of amides is 1. The van der Waals surface area contributed by atoms with E-state index in [4.69, 9.17) is 4.74 Å². The first-order valence-corrected chi connectivity index (χ1v) is 7.80. The normalized spacial score (nSPS) is 16.6. The van der Waals surface area contributed by atoms with Crippen LogP contribution < -0.4 is 4.74 Å². The van der Waals surface area contributed by atoms with Crippen molar-refractivity contribution in [3.05, 3.63) is 65.0 Å². The SMILES string of the molecule is COc1ccc(C(=O)N(C)[C@H]2CCCc3ccccc32)cc1F. The van der Waals surface area contributed by atoms with Gasteiger partial charge in [-0.05, 0) is 48.6 Å². The van der Waals surface area contributed by atoms with Crippen LogP contribution in [-0.2, 0) is 6.42 Å². The summed E-state index contributed by atoms with van der Waals surface area (Å²) in [5.74, 6) is -0.545. The van der Waals surface area contributed by atoms with Crippen molar-refractivity contribution in [2.75, 3.05) is 14.2 Å². The average Bonchev–Trinajstić information content (AvgIpc) is 2.60. The molecule has 23 heavy (non-hydrogen) atoms. The third-order valence-corrected chi connectivity index (χ3v) is 4.52. The van der Waals surface area contributed by atoms with Crippen LogP contribution >= 0.6 is 0 Å². The minimum absolute atomic E-state index is 0.0395. The maximum atomic E-state index is 13.9. The summed E-state index contributed by atoms with van der Waals surface area (Å²) in [6, 6.07) is 12.6. The number of halogens is 1. The number of nitrogens with zero attached hydrogens (tertiary/aromatic N) is 1. The molecule has 3 rings (SSSR count). The third-order valence-electron chi connectivity index (χ3n) is 4.52. The van der Waals surface area contributed by atoms with E-state index < -0.39 is 5.82 Å². The molecule has 1 amide bonds. The number of fused-ring (bicyclic) bond motifs is 1. The van der Waals surface area contributed by atoms with Gasteiger partial charge in [-0.15, -0.1) is 0 Å². The predicted molar refractivity (Wildman–Crippen MR) is 87.2 cm³/mol. The number of hydrogen-bond acceptors (Lipinski definition) is 2. The van der Waals surface area contributed by atoms with Gasteiger partial charge in [0.15, 0.2) is 11.6 Å². The van der Waals surface area contributed by atoms with E-state index in [1.54, 1.807) is 18.0 Å². The lowest BCUT2D eigenvalue weighted by Gasteiger charge is -2.33. The highest BCUT2D eigenvalue weighted by Crippen LogP contribution is 2.34. The Morgan fingerprint density at radius 3 is 2.78 bits per heavy atom. The van der Waals surface area contributed by atoms with Crippen molar-refractivity contribution in [3.8, 4) is 5.75 Å². The zero-order valence-corrected chi connectivity index (χ0v) is 13.4. The van der Waals surface area contributed by atoms with Gasteiger partial charge in [0.05, 0.1) is 13.2 Å². The molecule has 0 N–H and O–H groups in total. The Hall–Kier alpha value is -2.36. The quantitative estimate of drug-likeness (QED) is 0.857. The molecule has 0 aromatic heterocycles. The van der Waals surface area contributed by atoms with Crippen LogP contribution in [0.2, 0.25) is 0 Å². The molecule has 2 aromatic rings. The number of hydrogen-bond donors (Lipinski definition) is 0. The summed E-state index contributed by atoms with van der Waals surface area (Å²) >= 11 is 0. The highest BCUT2D eigenvalue weighted by molar-refractivity contribution is 5.94. The van der Waals surface area contributed by atoms with Crippen molar-refractivity contribution in [2.24, 2.45) is 0 Å². The van der Waals surface area contributed by atoms with Crippen LogP contribution in [0.3, 0.4) is 0 Å². The van der Waals surface area contributed by atoms with Crippen molar-refractivity contribution in [1.29, 1.82) is 0 Å². The summed E-state index contributed by atoms with van der Waals surface area (Å²) < 4.78 is 18.8. The fourth-order valence-electron chi connectivity index (χ4n) is 3.28. The fourth-order valence-corrected chi connectivity index (χ4v) is 3.28. The van der Waals surface area contributed by atoms with Gasteiger partial charge >= 0.3 is 0 Å². The lowest BCUT2D eigenvalue weighted by atomic mass is 9.87. The van der Waals surface area contributed by atoms with Gasteiger partial charge in [-0.1, -0.05) is 24.3 Å². The number of carbonyl (C=O) groups is 1. The number of carbonyl (C=O) groups excluding carboxylic acids is 1. The molecule has 0 saturated carbocycles. The molecule has 0 fully saturated rings. The van der Waals surface area contributed by atoms with Gasteiger partial charge in [0.1, 0.15) is 0 Å². The summed E-state index contributed by atoms with van der Waals surface area (Å²) in [5.41, 5.74) is 2.83. The second-order valence-corrected chi connectivity index (χ2v) is 5.87. The fraction of sp³-hybridized carbons (Fsp3) is 0.316. The van der Waals surface area contributed by atoms with Crippen LogP contribution in [0.15, 0.2) is 42.5 Å². The van der Waals surface area contributed by atoms with E-state index in [0.717, 1.165) is 19.3 Å². The van der Waals surface area contributed by atoms with Gasteiger partial charge in [-0.3, -0.25) is 4.79 Å². The Labute approximate surface area is 135 Å². The molecule has 0 bridgehead atoms. The topological polar surface area (TPSA) is 29.5 Å². The monoisotopic (exact) mass is 313 g/mol. The summed E-state index contributed by atoms with van der Waals surface area (Å²) in [7, 11) is 3.20. The van der Waals surface area contributed by atoms with Crippen molar-refractivity contribution >= 4 is 5.91 Å². The van der Waals surface area contributed by atoms with Gasteiger partial charge in [0.25, 0.3) is 5.91 Å². The molecule has 0 radical (unpaired) electrons. The van der Waals surface area contributed by atoms with Crippen LogP contribution in [0.25, 0.3) is 0 Å². The molecule has 0 aliphatic heterocycles. The molecule has 0 unspecified atom stereocenters. The molecule has 1 atom stereocenters. The average molecular weight is 313 g/mol. The second-order valence-electron chi connectivity index (χ2n) is 5.87. The van der Waals surface area contributed by atoms with E-state index in [0.29, 0.717) is 5.56 Å². The van der Waals surface area contributed by atoms with Crippen molar-refractivity contribution in [3.63, 3.8) is 0 Å². The third kappa shape index (κ3) is 2.93. The van der Waals surface area contributed by atoms with Crippen LogP contribution in [0.4, 0.5) is 4.39 Å². The Bertz CT molecular complexity index is 729. The smallest absolute Gasteiger partial charge is 0.254 e. The maximum Gasteiger partial charge on any atom is 0.254 e.